The van der Waals surface area contributed by atoms with Crippen LogP contribution in [0.5, 0.6) is 0 Å². The molecule has 1 heterocycles. The zero-order valence-electron chi connectivity index (χ0n) is 14.7. The van der Waals surface area contributed by atoms with Crippen LogP contribution >= 0.6 is 0 Å². The Morgan fingerprint density at radius 2 is 1.70 bits per heavy atom. The summed E-state index contributed by atoms with van der Waals surface area (Å²) in [6.45, 7) is 1.73. The number of rotatable bonds is 6. The number of nitrogens with zero attached hydrogens (tertiary/aromatic N) is 3. The smallest absolute Gasteiger partial charge is 0.355 e. The van der Waals surface area contributed by atoms with E-state index >= 15 is 0 Å². The second kappa shape index (κ2) is 7.28. The van der Waals surface area contributed by atoms with E-state index in [1.807, 2.05) is 0 Å². The van der Waals surface area contributed by atoms with Gasteiger partial charge in [-0.15, -0.1) is 5.10 Å². The summed E-state index contributed by atoms with van der Waals surface area (Å²) >= 11 is 0. The van der Waals surface area contributed by atoms with E-state index in [1.54, 1.807) is 55.5 Å². The lowest BCUT2D eigenvalue weighted by Crippen LogP contribution is -2.23. The molecule has 0 aliphatic heterocycles. The van der Waals surface area contributed by atoms with Gasteiger partial charge in [0.25, 0.3) is 0 Å². The number of benzene rings is 2. The largest absolute Gasteiger partial charge is 0.481 e. The van der Waals surface area contributed by atoms with Crippen LogP contribution in [0.25, 0.3) is 11.4 Å². The first-order valence-corrected chi connectivity index (χ1v) is 8.31. The topological polar surface area (TPSA) is 127 Å². The van der Waals surface area contributed by atoms with Gasteiger partial charge in [-0.1, -0.05) is 12.1 Å². The summed E-state index contributed by atoms with van der Waals surface area (Å²) in [6.07, 6.45) is 0.490. The van der Waals surface area contributed by atoms with Crippen LogP contribution in [0, 0.1) is 12.3 Å². The monoisotopic (exact) mass is 365 g/mol. The summed E-state index contributed by atoms with van der Waals surface area (Å²) in [4.78, 5) is 23.5. The summed E-state index contributed by atoms with van der Waals surface area (Å²) in [5.41, 5.74) is 7.83. The summed E-state index contributed by atoms with van der Waals surface area (Å²) in [7, 11) is 0. The Labute approximate surface area is 155 Å². The molecular formula is C19H19N5O3. The number of aliphatic carboxylic acids is 1. The number of carbonyl (C=O) groups is 1. The van der Waals surface area contributed by atoms with Crippen LogP contribution in [0.3, 0.4) is 0 Å². The van der Waals surface area contributed by atoms with E-state index in [0.29, 0.717) is 29.2 Å². The maximum Gasteiger partial charge on any atom is 0.355 e. The van der Waals surface area contributed by atoms with Crippen molar-refractivity contribution in [3.05, 3.63) is 76.0 Å². The molecule has 1 aromatic heterocycles. The number of aryl methyl sites for hydroxylation is 2. The fourth-order valence-electron chi connectivity index (χ4n) is 2.78. The van der Waals surface area contributed by atoms with E-state index < -0.39 is 5.97 Å². The third kappa shape index (κ3) is 3.79. The highest BCUT2D eigenvalue weighted by molar-refractivity contribution is 5.95. The molecule has 138 valence electrons. The molecule has 0 bridgehead atoms. The second-order valence-corrected chi connectivity index (χ2v) is 6.10. The Balaban J connectivity index is 1.92. The van der Waals surface area contributed by atoms with E-state index in [-0.39, 0.29) is 17.9 Å². The van der Waals surface area contributed by atoms with Gasteiger partial charge in [0.05, 0.1) is 11.4 Å². The van der Waals surface area contributed by atoms with Gasteiger partial charge in [-0.05, 0) is 55.3 Å². The fourth-order valence-corrected chi connectivity index (χ4v) is 2.78. The first-order chi connectivity index (χ1) is 12.9. The molecule has 4 N–H and O–H groups in total. The number of amidine groups is 1. The van der Waals surface area contributed by atoms with Crippen LogP contribution in [-0.2, 0) is 11.2 Å². The molecule has 0 radical (unpaired) electrons. The molecule has 0 aliphatic carbocycles. The van der Waals surface area contributed by atoms with Gasteiger partial charge >= 0.3 is 11.7 Å². The number of carboxylic acids is 1. The number of hydrogen-bond acceptors (Lipinski definition) is 4. The average Bonchev–Trinajstić information content (AvgIpc) is 2.95. The number of carboxylic acid groups (broad SMARTS) is 1. The average molecular weight is 365 g/mol. The Hall–Kier alpha value is -3.68. The van der Waals surface area contributed by atoms with Crippen molar-refractivity contribution in [1.82, 2.24) is 14.3 Å². The molecule has 8 heteroatoms. The highest BCUT2D eigenvalue weighted by atomic mass is 16.4. The number of nitrogens with one attached hydrogen (secondary N) is 1. The number of aromatic nitrogens is 3. The molecule has 3 aromatic rings. The van der Waals surface area contributed by atoms with Gasteiger partial charge in [-0.2, -0.15) is 4.68 Å². The van der Waals surface area contributed by atoms with E-state index in [0.717, 1.165) is 5.56 Å². The zero-order valence-corrected chi connectivity index (χ0v) is 14.7. The summed E-state index contributed by atoms with van der Waals surface area (Å²) in [5.74, 6) is -0.365. The molecule has 27 heavy (non-hydrogen) atoms. The molecule has 0 fully saturated rings. The van der Waals surface area contributed by atoms with Crippen molar-refractivity contribution < 1.29 is 9.90 Å². The first kappa shape index (κ1) is 18.1. The van der Waals surface area contributed by atoms with Crippen LogP contribution in [0.4, 0.5) is 0 Å². The van der Waals surface area contributed by atoms with E-state index in [4.69, 9.17) is 16.2 Å². The van der Waals surface area contributed by atoms with Crippen molar-refractivity contribution in [1.29, 1.82) is 5.41 Å². The summed E-state index contributed by atoms with van der Waals surface area (Å²) < 4.78 is 2.78. The minimum atomic E-state index is -0.847. The second-order valence-electron chi connectivity index (χ2n) is 6.10. The normalized spacial score (nSPS) is 10.7. The molecule has 0 aliphatic rings. The molecule has 2 aromatic carbocycles. The van der Waals surface area contributed by atoms with Crippen molar-refractivity contribution in [3.8, 4) is 11.4 Å². The van der Waals surface area contributed by atoms with E-state index in [2.05, 4.69) is 5.10 Å². The lowest BCUT2D eigenvalue weighted by Gasteiger charge is -2.04. The van der Waals surface area contributed by atoms with Crippen LogP contribution in [0.2, 0.25) is 0 Å². The lowest BCUT2D eigenvalue weighted by atomic mass is 10.1. The molecule has 0 amide bonds. The fraction of sp³-hybridized carbons (Fsp3) is 0.158. The predicted molar refractivity (Wildman–Crippen MR) is 101 cm³/mol. The van der Waals surface area contributed by atoms with Crippen molar-refractivity contribution in [2.45, 2.75) is 19.8 Å². The Bertz CT molecular complexity index is 1050. The Morgan fingerprint density at radius 3 is 2.26 bits per heavy atom. The summed E-state index contributed by atoms with van der Waals surface area (Å²) in [6, 6.07) is 13.9. The Morgan fingerprint density at radius 1 is 1.11 bits per heavy atom. The highest BCUT2D eigenvalue weighted by Gasteiger charge is 2.13. The van der Waals surface area contributed by atoms with Crippen LogP contribution < -0.4 is 11.4 Å². The lowest BCUT2D eigenvalue weighted by molar-refractivity contribution is -0.136. The molecule has 3 rings (SSSR count). The molecule has 0 saturated carbocycles. The van der Waals surface area contributed by atoms with E-state index in [9.17, 15) is 9.59 Å². The van der Waals surface area contributed by atoms with Gasteiger partial charge in [0.2, 0.25) is 0 Å². The van der Waals surface area contributed by atoms with Crippen molar-refractivity contribution in [2.75, 3.05) is 0 Å². The van der Waals surface area contributed by atoms with Crippen molar-refractivity contribution >= 4 is 11.8 Å². The minimum absolute atomic E-state index is 0.0377. The van der Waals surface area contributed by atoms with Gasteiger partial charge in [0, 0.05) is 12.0 Å². The van der Waals surface area contributed by atoms with Crippen molar-refractivity contribution in [2.24, 2.45) is 5.73 Å². The predicted octanol–water partition coefficient (Wildman–Crippen LogP) is 1.63. The number of nitrogen functional groups attached to an aromatic ring is 1. The molecule has 0 unspecified atom stereocenters. The Kier molecular flexibility index (Phi) is 4.89. The summed E-state index contributed by atoms with van der Waals surface area (Å²) in [5, 5.41) is 20.5. The van der Waals surface area contributed by atoms with Crippen molar-refractivity contribution in [3.63, 3.8) is 0 Å². The van der Waals surface area contributed by atoms with E-state index in [1.165, 1.54) is 9.25 Å². The first-order valence-electron chi connectivity index (χ1n) is 8.31. The van der Waals surface area contributed by atoms with Gasteiger partial charge in [-0.3, -0.25) is 10.2 Å². The minimum Gasteiger partial charge on any atom is -0.481 e. The van der Waals surface area contributed by atoms with Gasteiger partial charge in [0.1, 0.15) is 11.7 Å². The SMILES string of the molecule is Cc1nn(-c2ccc(CCC(=O)O)cc2)c(=O)n1-c1ccc(C(=N)N)cc1. The number of hydrogen-bond donors (Lipinski definition) is 3. The standard InChI is InChI=1S/C19H19N5O3/c1-12-22-24(16-7-2-13(3-8-16)4-11-17(25)26)19(27)23(12)15-9-5-14(6-10-15)18(20)21/h2-3,5-10H,4,11H2,1H3,(H3,20,21)(H,25,26). The maximum atomic E-state index is 12.8. The number of nitrogens with two attached hydrogens (primary N) is 1. The molecule has 0 atom stereocenters. The zero-order chi connectivity index (χ0) is 19.6. The van der Waals surface area contributed by atoms with Gasteiger partial charge in [-0.25, -0.2) is 9.36 Å². The quantitative estimate of drug-likeness (QED) is 0.452. The van der Waals surface area contributed by atoms with Gasteiger partial charge < -0.3 is 10.8 Å². The maximum absolute atomic E-state index is 12.8. The van der Waals surface area contributed by atoms with Crippen LogP contribution in [0.15, 0.2) is 53.3 Å². The molecular weight excluding hydrogens is 346 g/mol. The highest BCUT2D eigenvalue weighted by Crippen LogP contribution is 2.13. The third-order valence-corrected chi connectivity index (χ3v) is 4.19. The third-order valence-electron chi connectivity index (χ3n) is 4.19. The molecule has 8 nitrogen and oxygen atoms in total. The van der Waals surface area contributed by atoms with Crippen LogP contribution in [-0.4, -0.2) is 31.3 Å². The molecule has 0 spiro atoms. The van der Waals surface area contributed by atoms with Gasteiger partial charge in [0.15, 0.2) is 0 Å². The van der Waals surface area contributed by atoms with Crippen LogP contribution in [0.1, 0.15) is 23.4 Å². The molecule has 0 saturated heterocycles.